The quantitative estimate of drug-likeness (QED) is 0.757. The van der Waals surface area contributed by atoms with E-state index in [1.807, 2.05) is 24.3 Å². The van der Waals surface area contributed by atoms with Crippen molar-refractivity contribution in [3.8, 4) is 0 Å². The van der Waals surface area contributed by atoms with Gasteiger partial charge >= 0.3 is 0 Å². The lowest BCUT2D eigenvalue weighted by atomic mass is 10.1. The van der Waals surface area contributed by atoms with Crippen molar-refractivity contribution in [3.05, 3.63) is 71.5 Å². The molecule has 0 aliphatic carbocycles. The topological polar surface area (TPSA) is 46.7 Å². The summed E-state index contributed by atoms with van der Waals surface area (Å²) in [7, 11) is 4.25. The van der Waals surface area contributed by atoms with Gasteiger partial charge in [-0.1, -0.05) is 42.5 Å². The summed E-state index contributed by atoms with van der Waals surface area (Å²) in [5, 5.41) is 3.84. The van der Waals surface area contributed by atoms with Crippen molar-refractivity contribution in [2.45, 2.75) is 13.1 Å². The van der Waals surface area contributed by atoms with Gasteiger partial charge in [-0.05, 0) is 17.7 Å². The number of carbonyl (C=O) groups excluding carboxylic acids is 1. The summed E-state index contributed by atoms with van der Waals surface area (Å²) in [5.74, 6) is 0.155. The molecule has 0 unspecified atom stereocenters. The summed E-state index contributed by atoms with van der Waals surface area (Å²) in [6, 6.07) is 17.7. The molecule has 118 valence electrons. The number of hydrogen-bond donors (Lipinski definition) is 2. The fourth-order valence-electron chi connectivity index (χ4n) is 2.55. The highest BCUT2D eigenvalue weighted by atomic mass is 16.3. The highest BCUT2D eigenvalue weighted by Crippen LogP contribution is 2.18. The lowest BCUT2D eigenvalue weighted by Crippen LogP contribution is -3.04. The van der Waals surface area contributed by atoms with Gasteiger partial charge in [-0.2, -0.15) is 0 Å². The molecular formula is C19H21N2O2+. The fourth-order valence-corrected chi connectivity index (χ4v) is 2.55. The zero-order valence-electron chi connectivity index (χ0n) is 13.4. The van der Waals surface area contributed by atoms with Crippen molar-refractivity contribution in [1.29, 1.82) is 0 Å². The van der Waals surface area contributed by atoms with Crippen LogP contribution in [0.25, 0.3) is 11.0 Å². The molecule has 4 nitrogen and oxygen atoms in total. The minimum atomic E-state index is -0.192. The molecule has 3 aromatic rings. The van der Waals surface area contributed by atoms with E-state index in [4.69, 9.17) is 4.42 Å². The molecule has 0 saturated carbocycles. The maximum absolute atomic E-state index is 12.2. The number of quaternary nitrogens is 1. The number of carbonyl (C=O) groups is 1. The normalized spacial score (nSPS) is 11.1. The third-order valence-corrected chi connectivity index (χ3v) is 3.68. The van der Waals surface area contributed by atoms with Gasteiger partial charge in [0.05, 0.1) is 14.1 Å². The summed E-state index contributed by atoms with van der Waals surface area (Å²) in [6.45, 7) is 1.48. The smallest absolute Gasteiger partial charge is 0.287 e. The largest absolute Gasteiger partial charge is 0.451 e. The molecule has 1 heterocycles. The first-order valence-corrected chi connectivity index (χ1v) is 7.75. The number of para-hydroxylation sites is 1. The average molecular weight is 309 g/mol. The Kier molecular flexibility index (Phi) is 4.44. The second-order valence-electron chi connectivity index (χ2n) is 6.03. The van der Waals surface area contributed by atoms with Crippen LogP contribution < -0.4 is 10.2 Å². The van der Waals surface area contributed by atoms with E-state index in [9.17, 15) is 4.79 Å². The Labute approximate surface area is 135 Å². The predicted octanol–water partition coefficient (Wildman–Crippen LogP) is 2.01. The van der Waals surface area contributed by atoms with E-state index < -0.39 is 0 Å². The molecule has 0 spiro atoms. The second kappa shape index (κ2) is 6.67. The highest BCUT2D eigenvalue weighted by molar-refractivity contribution is 5.95. The third kappa shape index (κ3) is 3.79. The first kappa shape index (κ1) is 15.3. The SMILES string of the molecule is C[NH+](C)Cc1ccc(CNC(=O)c2cc3ccccc3o2)cc1. The molecule has 0 bridgehead atoms. The van der Waals surface area contributed by atoms with E-state index in [-0.39, 0.29) is 5.91 Å². The van der Waals surface area contributed by atoms with Crippen LogP contribution in [-0.2, 0) is 13.1 Å². The summed E-state index contributed by atoms with van der Waals surface area (Å²) in [6.07, 6.45) is 0. The molecule has 23 heavy (non-hydrogen) atoms. The van der Waals surface area contributed by atoms with Gasteiger partial charge in [0.25, 0.3) is 5.91 Å². The van der Waals surface area contributed by atoms with Gasteiger partial charge in [0.1, 0.15) is 12.1 Å². The van der Waals surface area contributed by atoms with Gasteiger partial charge in [-0.25, -0.2) is 0 Å². The van der Waals surface area contributed by atoms with E-state index in [1.54, 1.807) is 6.07 Å². The van der Waals surface area contributed by atoms with Crippen LogP contribution in [0, 0.1) is 0 Å². The van der Waals surface area contributed by atoms with Gasteiger partial charge in [0.15, 0.2) is 5.76 Å². The van der Waals surface area contributed by atoms with Crippen LogP contribution in [-0.4, -0.2) is 20.0 Å². The molecule has 4 heteroatoms. The number of nitrogens with one attached hydrogen (secondary N) is 2. The highest BCUT2D eigenvalue weighted by Gasteiger charge is 2.11. The van der Waals surface area contributed by atoms with Gasteiger partial charge < -0.3 is 14.6 Å². The lowest BCUT2D eigenvalue weighted by molar-refractivity contribution is -0.872. The van der Waals surface area contributed by atoms with Crippen molar-refractivity contribution in [2.24, 2.45) is 0 Å². The molecule has 1 amide bonds. The standard InChI is InChI=1S/C19H20N2O2/c1-21(2)13-15-9-7-14(8-10-15)12-20-19(22)18-11-16-5-3-4-6-17(16)23-18/h3-11H,12-13H2,1-2H3,(H,20,22)/p+1. The molecule has 2 N–H and O–H groups in total. The molecule has 0 fully saturated rings. The van der Waals surface area contributed by atoms with Gasteiger partial charge in [0, 0.05) is 17.5 Å². The van der Waals surface area contributed by atoms with Crippen LogP contribution in [0.5, 0.6) is 0 Å². The molecule has 0 radical (unpaired) electrons. The molecule has 0 atom stereocenters. The first-order valence-electron chi connectivity index (χ1n) is 7.75. The van der Waals surface area contributed by atoms with Gasteiger partial charge in [-0.3, -0.25) is 4.79 Å². The predicted molar refractivity (Wildman–Crippen MR) is 90.3 cm³/mol. The molecule has 2 aromatic carbocycles. The molecular weight excluding hydrogens is 288 g/mol. The first-order chi connectivity index (χ1) is 11.1. The Morgan fingerprint density at radius 1 is 1.04 bits per heavy atom. The molecule has 1 aromatic heterocycles. The lowest BCUT2D eigenvalue weighted by Gasteiger charge is -2.08. The summed E-state index contributed by atoms with van der Waals surface area (Å²) in [5.41, 5.74) is 3.09. The Bertz CT molecular complexity index is 771. The fraction of sp³-hybridized carbons (Fsp3) is 0.211. The Morgan fingerprint density at radius 2 is 1.74 bits per heavy atom. The van der Waals surface area contributed by atoms with Crippen LogP contribution >= 0.6 is 0 Å². The van der Waals surface area contributed by atoms with Crippen LogP contribution in [0.3, 0.4) is 0 Å². The van der Waals surface area contributed by atoms with Crippen molar-refractivity contribution in [3.63, 3.8) is 0 Å². The monoisotopic (exact) mass is 309 g/mol. The zero-order chi connectivity index (χ0) is 16.2. The maximum atomic E-state index is 12.2. The number of amides is 1. The average Bonchev–Trinajstić information content (AvgIpc) is 2.97. The molecule has 0 aliphatic heterocycles. The Balaban J connectivity index is 1.62. The number of fused-ring (bicyclic) bond motifs is 1. The Hall–Kier alpha value is -2.59. The van der Waals surface area contributed by atoms with Crippen LogP contribution in [0.15, 0.2) is 59.0 Å². The van der Waals surface area contributed by atoms with E-state index >= 15 is 0 Å². The summed E-state index contributed by atoms with van der Waals surface area (Å²) >= 11 is 0. The Morgan fingerprint density at radius 3 is 2.43 bits per heavy atom. The number of benzene rings is 2. The number of hydrogen-bond acceptors (Lipinski definition) is 2. The minimum Gasteiger partial charge on any atom is -0.451 e. The van der Waals surface area contributed by atoms with Gasteiger partial charge in [-0.15, -0.1) is 0 Å². The zero-order valence-corrected chi connectivity index (χ0v) is 13.4. The van der Waals surface area contributed by atoms with Crippen molar-refractivity contribution < 1.29 is 14.1 Å². The maximum Gasteiger partial charge on any atom is 0.287 e. The third-order valence-electron chi connectivity index (χ3n) is 3.68. The van der Waals surface area contributed by atoms with Crippen LogP contribution in [0.1, 0.15) is 21.7 Å². The van der Waals surface area contributed by atoms with E-state index in [0.717, 1.165) is 23.1 Å². The van der Waals surface area contributed by atoms with Crippen LogP contribution in [0.4, 0.5) is 0 Å². The minimum absolute atomic E-state index is 0.192. The molecule has 0 saturated heterocycles. The molecule has 3 rings (SSSR count). The number of rotatable bonds is 5. The summed E-state index contributed by atoms with van der Waals surface area (Å²) in [4.78, 5) is 13.6. The van der Waals surface area contributed by atoms with Crippen molar-refractivity contribution in [2.75, 3.05) is 14.1 Å². The van der Waals surface area contributed by atoms with Gasteiger partial charge in [0.2, 0.25) is 0 Å². The number of furan rings is 1. The second-order valence-corrected chi connectivity index (χ2v) is 6.03. The van der Waals surface area contributed by atoms with Crippen LogP contribution in [0.2, 0.25) is 0 Å². The van der Waals surface area contributed by atoms with E-state index in [1.165, 1.54) is 10.5 Å². The summed E-state index contributed by atoms with van der Waals surface area (Å²) < 4.78 is 5.57. The molecule has 0 aliphatic rings. The van der Waals surface area contributed by atoms with Crippen molar-refractivity contribution in [1.82, 2.24) is 5.32 Å². The van der Waals surface area contributed by atoms with E-state index in [2.05, 4.69) is 43.7 Å². The van der Waals surface area contributed by atoms with E-state index in [0.29, 0.717) is 12.3 Å². The van der Waals surface area contributed by atoms with Crippen molar-refractivity contribution >= 4 is 16.9 Å².